The molecule has 6 heteroatoms. The molecule has 0 spiro atoms. The first-order valence-corrected chi connectivity index (χ1v) is 8.01. The normalized spacial score (nSPS) is 16.9. The van der Waals surface area contributed by atoms with E-state index in [1.54, 1.807) is 35.9 Å². The van der Waals surface area contributed by atoms with Crippen LogP contribution in [0.2, 0.25) is 0 Å². The summed E-state index contributed by atoms with van der Waals surface area (Å²) in [4.78, 5) is 14.0. The molecule has 0 aromatic heterocycles. The van der Waals surface area contributed by atoms with Gasteiger partial charge in [0.05, 0.1) is 13.2 Å². The fourth-order valence-electron chi connectivity index (χ4n) is 2.31. The Balaban J connectivity index is 1.91. The van der Waals surface area contributed by atoms with Gasteiger partial charge in [0.25, 0.3) is 0 Å². The zero-order chi connectivity index (χ0) is 15.3. The number of urea groups is 1. The molecule has 5 nitrogen and oxygen atoms in total. The molecule has 0 aliphatic carbocycles. The number of carbonyl (C=O) groups excluding carboxylic acids is 1. The molecule has 1 aliphatic heterocycles. The van der Waals surface area contributed by atoms with Gasteiger partial charge in [0.15, 0.2) is 0 Å². The number of benzene rings is 1. The highest BCUT2D eigenvalue weighted by molar-refractivity contribution is 8.00. The van der Waals surface area contributed by atoms with E-state index in [0.717, 1.165) is 11.4 Å². The number of amides is 2. The van der Waals surface area contributed by atoms with Gasteiger partial charge in [-0.2, -0.15) is 5.26 Å². The van der Waals surface area contributed by atoms with Crippen molar-refractivity contribution in [2.24, 2.45) is 0 Å². The number of methoxy groups -OCH3 is 1. The van der Waals surface area contributed by atoms with Crippen LogP contribution in [0.3, 0.4) is 0 Å². The molecule has 1 aromatic rings. The SMILES string of the molecule is COc1ccc(NC(=O)N2CCC(C#N)(SC)CC2)cc1. The van der Waals surface area contributed by atoms with Crippen LogP contribution in [0.1, 0.15) is 12.8 Å². The molecule has 0 unspecified atom stereocenters. The van der Waals surface area contributed by atoms with E-state index in [4.69, 9.17) is 4.74 Å². The summed E-state index contributed by atoms with van der Waals surface area (Å²) in [5.41, 5.74) is 0.739. The average Bonchev–Trinajstić information content (AvgIpc) is 2.55. The third-order valence-corrected chi connectivity index (χ3v) is 5.08. The molecule has 1 fully saturated rings. The van der Waals surface area contributed by atoms with Gasteiger partial charge >= 0.3 is 6.03 Å². The zero-order valence-electron chi connectivity index (χ0n) is 12.3. The van der Waals surface area contributed by atoms with Crippen LogP contribution in [-0.2, 0) is 0 Å². The molecule has 0 saturated carbocycles. The Morgan fingerprint density at radius 3 is 2.48 bits per heavy atom. The minimum Gasteiger partial charge on any atom is -0.497 e. The lowest BCUT2D eigenvalue weighted by atomic mass is 9.97. The highest BCUT2D eigenvalue weighted by atomic mass is 32.2. The van der Waals surface area contributed by atoms with E-state index in [0.29, 0.717) is 25.9 Å². The Labute approximate surface area is 129 Å². The summed E-state index contributed by atoms with van der Waals surface area (Å²) >= 11 is 1.58. The third-order valence-electron chi connectivity index (χ3n) is 3.79. The van der Waals surface area contributed by atoms with Gasteiger partial charge in [0.2, 0.25) is 0 Å². The Kier molecular flexibility index (Phi) is 4.97. The fourth-order valence-corrected chi connectivity index (χ4v) is 2.99. The van der Waals surface area contributed by atoms with Crippen LogP contribution < -0.4 is 10.1 Å². The molecule has 1 saturated heterocycles. The highest BCUT2D eigenvalue weighted by Crippen LogP contribution is 2.33. The van der Waals surface area contributed by atoms with Crippen LogP contribution in [0.5, 0.6) is 5.75 Å². The monoisotopic (exact) mass is 305 g/mol. The van der Waals surface area contributed by atoms with Crippen LogP contribution in [0, 0.1) is 11.3 Å². The molecule has 1 heterocycles. The summed E-state index contributed by atoms with van der Waals surface area (Å²) in [6, 6.07) is 9.49. The topological polar surface area (TPSA) is 65.4 Å². The molecule has 1 N–H and O–H groups in total. The average molecular weight is 305 g/mol. The van der Waals surface area contributed by atoms with Crippen molar-refractivity contribution in [3.63, 3.8) is 0 Å². The van der Waals surface area contributed by atoms with E-state index in [-0.39, 0.29) is 10.8 Å². The van der Waals surface area contributed by atoms with Gasteiger partial charge in [-0.15, -0.1) is 11.8 Å². The van der Waals surface area contributed by atoms with Crippen molar-refractivity contribution in [3.8, 4) is 11.8 Å². The van der Waals surface area contributed by atoms with Crippen molar-refractivity contribution in [1.29, 1.82) is 5.26 Å². The van der Waals surface area contributed by atoms with Gasteiger partial charge < -0.3 is 15.0 Å². The molecule has 1 aromatic carbocycles. The highest BCUT2D eigenvalue weighted by Gasteiger charge is 2.35. The summed E-state index contributed by atoms with van der Waals surface area (Å²) in [6.45, 7) is 1.22. The Bertz CT molecular complexity index is 531. The van der Waals surface area contributed by atoms with Crippen molar-refractivity contribution in [3.05, 3.63) is 24.3 Å². The molecular formula is C15H19N3O2S. The summed E-state index contributed by atoms with van der Waals surface area (Å²) in [7, 11) is 1.61. The largest absolute Gasteiger partial charge is 0.497 e. The first kappa shape index (κ1) is 15.5. The summed E-state index contributed by atoms with van der Waals surface area (Å²) in [5.74, 6) is 0.754. The van der Waals surface area contributed by atoms with Gasteiger partial charge in [0.1, 0.15) is 10.5 Å². The molecule has 0 radical (unpaired) electrons. The molecule has 2 rings (SSSR count). The third kappa shape index (κ3) is 3.61. The second-order valence-electron chi connectivity index (χ2n) is 4.96. The zero-order valence-corrected chi connectivity index (χ0v) is 13.1. The van der Waals surface area contributed by atoms with Crippen LogP contribution in [-0.4, -0.2) is 42.1 Å². The first-order valence-electron chi connectivity index (χ1n) is 6.79. The van der Waals surface area contributed by atoms with Crippen molar-refractivity contribution in [2.45, 2.75) is 17.6 Å². The van der Waals surface area contributed by atoms with Crippen molar-refractivity contribution < 1.29 is 9.53 Å². The number of likely N-dealkylation sites (tertiary alicyclic amines) is 1. The smallest absolute Gasteiger partial charge is 0.321 e. The number of nitriles is 1. The van der Waals surface area contributed by atoms with E-state index in [9.17, 15) is 10.1 Å². The molecule has 1 aliphatic rings. The lowest BCUT2D eigenvalue weighted by molar-refractivity contribution is 0.196. The molecular weight excluding hydrogens is 286 g/mol. The predicted molar refractivity (Wildman–Crippen MR) is 84.7 cm³/mol. The molecule has 112 valence electrons. The maximum Gasteiger partial charge on any atom is 0.321 e. The number of thioether (sulfide) groups is 1. The molecule has 2 amide bonds. The minimum absolute atomic E-state index is 0.118. The quantitative estimate of drug-likeness (QED) is 0.932. The van der Waals surface area contributed by atoms with Crippen molar-refractivity contribution in [2.75, 3.05) is 31.8 Å². The summed E-state index contributed by atoms with van der Waals surface area (Å²) < 4.78 is 4.75. The van der Waals surface area contributed by atoms with E-state index in [1.165, 1.54) is 0 Å². The lowest BCUT2D eigenvalue weighted by Gasteiger charge is -2.36. The van der Waals surface area contributed by atoms with Crippen molar-refractivity contribution in [1.82, 2.24) is 4.90 Å². The van der Waals surface area contributed by atoms with Crippen LogP contribution >= 0.6 is 11.8 Å². The first-order chi connectivity index (χ1) is 10.1. The number of nitrogens with zero attached hydrogens (tertiary/aromatic N) is 2. The standard InChI is InChI=1S/C15H19N3O2S/c1-20-13-5-3-12(4-6-13)17-14(19)18-9-7-15(11-16,21-2)8-10-18/h3-6H,7-10H2,1-2H3,(H,17,19). The van der Waals surface area contributed by atoms with Crippen LogP contribution in [0.25, 0.3) is 0 Å². The predicted octanol–water partition coefficient (Wildman–Crippen LogP) is 2.95. The maximum atomic E-state index is 12.2. The second kappa shape index (κ2) is 6.72. The van der Waals surface area contributed by atoms with Crippen LogP contribution in [0.15, 0.2) is 24.3 Å². The van der Waals surface area contributed by atoms with Gasteiger partial charge in [-0.1, -0.05) is 0 Å². The molecule has 0 bridgehead atoms. The number of rotatable bonds is 3. The Hall–Kier alpha value is -1.87. The number of piperidine rings is 1. The maximum absolute atomic E-state index is 12.2. The number of ether oxygens (including phenoxy) is 1. The van der Waals surface area contributed by atoms with E-state index in [2.05, 4.69) is 11.4 Å². The summed E-state index contributed by atoms with van der Waals surface area (Å²) in [6.07, 6.45) is 3.37. The molecule has 21 heavy (non-hydrogen) atoms. The van der Waals surface area contributed by atoms with E-state index >= 15 is 0 Å². The Morgan fingerprint density at radius 2 is 2.00 bits per heavy atom. The number of hydrogen-bond acceptors (Lipinski definition) is 4. The number of nitrogens with one attached hydrogen (secondary N) is 1. The Morgan fingerprint density at radius 1 is 1.38 bits per heavy atom. The van der Waals surface area contributed by atoms with Gasteiger partial charge in [0, 0.05) is 18.8 Å². The number of anilines is 1. The van der Waals surface area contributed by atoms with Gasteiger partial charge in [-0.05, 0) is 43.4 Å². The lowest BCUT2D eigenvalue weighted by Crippen LogP contribution is -2.46. The van der Waals surface area contributed by atoms with Gasteiger partial charge in [-0.25, -0.2) is 4.79 Å². The van der Waals surface area contributed by atoms with Crippen molar-refractivity contribution >= 4 is 23.5 Å². The van der Waals surface area contributed by atoms with Crippen LogP contribution in [0.4, 0.5) is 10.5 Å². The second-order valence-corrected chi connectivity index (χ2v) is 6.15. The minimum atomic E-state index is -0.336. The summed E-state index contributed by atoms with van der Waals surface area (Å²) in [5, 5.41) is 12.1. The molecule has 0 atom stereocenters. The van der Waals surface area contributed by atoms with Gasteiger partial charge in [-0.3, -0.25) is 0 Å². The van der Waals surface area contributed by atoms with E-state index in [1.807, 2.05) is 18.4 Å². The van der Waals surface area contributed by atoms with E-state index < -0.39 is 0 Å². The number of carbonyl (C=O) groups is 1. The fraction of sp³-hybridized carbons (Fsp3) is 0.467. The number of hydrogen-bond donors (Lipinski definition) is 1.